The Morgan fingerprint density at radius 2 is 2.22 bits per heavy atom. The smallest absolute Gasteiger partial charge is 0.224 e. The minimum Gasteiger partial charge on any atom is -0.372 e. The summed E-state index contributed by atoms with van der Waals surface area (Å²) in [6.45, 7) is 5.27. The zero-order valence-electron chi connectivity index (χ0n) is 13.3. The van der Waals surface area contributed by atoms with Crippen molar-refractivity contribution in [2.45, 2.75) is 26.5 Å². The third kappa shape index (κ3) is 3.25. The molecule has 0 fully saturated rings. The van der Waals surface area contributed by atoms with E-state index in [4.69, 9.17) is 10.5 Å². The highest BCUT2D eigenvalue weighted by molar-refractivity contribution is 7.09. The summed E-state index contributed by atoms with van der Waals surface area (Å²) in [5, 5.41) is 3.01. The molecular formula is C14H19N7OS. The molecule has 0 aliphatic carbocycles. The van der Waals surface area contributed by atoms with Crippen LogP contribution in [0.25, 0.3) is 11.2 Å². The zero-order chi connectivity index (χ0) is 16.4. The van der Waals surface area contributed by atoms with E-state index in [0.717, 1.165) is 16.2 Å². The van der Waals surface area contributed by atoms with Crippen LogP contribution < -0.4 is 10.6 Å². The predicted molar refractivity (Wildman–Crippen MR) is 90.4 cm³/mol. The largest absolute Gasteiger partial charge is 0.372 e. The summed E-state index contributed by atoms with van der Waals surface area (Å²) >= 11 is 1.60. The van der Waals surface area contributed by atoms with E-state index in [1.54, 1.807) is 17.7 Å². The summed E-state index contributed by atoms with van der Waals surface area (Å²) < 4.78 is 5.58. The number of nitrogens with two attached hydrogens (primary N) is 1. The first-order valence-corrected chi connectivity index (χ1v) is 8.20. The third-order valence-electron chi connectivity index (χ3n) is 3.38. The summed E-state index contributed by atoms with van der Waals surface area (Å²) in [6.07, 6.45) is 1.60. The molecule has 3 heterocycles. The monoisotopic (exact) mass is 333 g/mol. The quantitative estimate of drug-likeness (QED) is 0.711. The zero-order valence-corrected chi connectivity index (χ0v) is 14.1. The summed E-state index contributed by atoms with van der Waals surface area (Å²) in [7, 11) is 1.94. The van der Waals surface area contributed by atoms with Gasteiger partial charge in [-0.2, -0.15) is 9.97 Å². The number of anilines is 2. The summed E-state index contributed by atoms with van der Waals surface area (Å²) in [5.74, 6) is 0.910. The molecule has 0 saturated carbocycles. The van der Waals surface area contributed by atoms with Gasteiger partial charge in [-0.1, -0.05) is 0 Å². The van der Waals surface area contributed by atoms with Gasteiger partial charge in [-0.3, -0.25) is 0 Å². The van der Waals surface area contributed by atoms with E-state index in [1.165, 1.54) is 0 Å². The fourth-order valence-corrected chi connectivity index (χ4v) is 3.15. The van der Waals surface area contributed by atoms with Crippen molar-refractivity contribution in [1.82, 2.24) is 24.9 Å². The first-order valence-electron chi connectivity index (χ1n) is 7.32. The minimum atomic E-state index is 0.0121. The highest BCUT2D eigenvalue weighted by Gasteiger charge is 2.15. The molecule has 1 atom stereocenters. The van der Waals surface area contributed by atoms with Gasteiger partial charge in [0, 0.05) is 19.0 Å². The maximum atomic E-state index is 5.76. The topological polar surface area (TPSA) is 106 Å². The fourth-order valence-electron chi connectivity index (χ4n) is 2.33. The number of hydrogen-bond acceptors (Lipinski definition) is 8. The summed E-state index contributed by atoms with van der Waals surface area (Å²) in [6, 6.07) is 0. The Labute approximate surface area is 137 Å². The van der Waals surface area contributed by atoms with Crippen LogP contribution in [-0.2, 0) is 11.3 Å². The SMILES string of the molecule is CCOC(C)c1nc(CN(C)c2nc(N)nc3nc[nH]c23)cs1. The van der Waals surface area contributed by atoms with Gasteiger partial charge in [0.1, 0.15) is 16.6 Å². The lowest BCUT2D eigenvalue weighted by Gasteiger charge is -2.17. The molecule has 3 rings (SSSR count). The van der Waals surface area contributed by atoms with Crippen LogP contribution in [0, 0.1) is 0 Å². The first kappa shape index (κ1) is 15.6. The fraction of sp³-hybridized carbons (Fsp3) is 0.429. The molecule has 8 nitrogen and oxygen atoms in total. The highest BCUT2D eigenvalue weighted by Crippen LogP contribution is 2.25. The van der Waals surface area contributed by atoms with Crippen molar-refractivity contribution in [1.29, 1.82) is 0 Å². The lowest BCUT2D eigenvalue weighted by atomic mass is 10.4. The van der Waals surface area contributed by atoms with Crippen molar-refractivity contribution in [3.63, 3.8) is 0 Å². The normalized spacial score (nSPS) is 12.7. The van der Waals surface area contributed by atoms with E-state index in [-0.39, 0.29) is 12.1 Å². The molecule has 0 saturated heterocycles. The van der Waals surface area contributed by atoms with Gasteiger partial charge in [-0.25, -0.2) is 9.97 Å². The van der Waals surface area contributed by atoms with E-state index in [9.17, 15) is 0 Å². The molecule has 122 valence electrons. The highest BCUT2D eigenvalue weighted by atomic mass is 32.1. The number of thiazole rings is 1. The van der Waals surface area contributed by atoms with Crippen molar-refractivity contribution < 1.29 is 4.74 Å². The second-order valence-electron chi connectivity index (χ2n) is 5.14. The molecule has 3 aromatic heterocycles. The number of nitrogen functional groups attached to an aromatic ring is 1. The van der Waals surface area contributed by atoms with Crippen molar-refractivity contribution in [2.24, 2.45) is 0 Å². The molecular weight excluding hydrogens is 314 g/mol. The van der Waals surface area contributed by atoms with Gasteiger partial charge < -0.3 is 20.4 Å². The van der Waals surface area contributed by atoms with Crippen LogP contribution >= 0.6 is 11.3 Å². The van der Waals surface area contributed by atoms with E-state index in [2.05, 4.69) is 24.9 Å². The van der Waals surface area contributed by atoms with Gasteiger partial charge in [0.25, 0.3) is 0 Å². The lowest BCUT2D eigenvalue weighted by Crippen LogP contribution is -2.19. The molecule has 9 heteroatoms. The van der Waals surface area contributed by atoms with Crippen molar-refractivity contribution in [2.75, 3.05) is 24.3 Å². The van der Waals surface area contributed by atoms with Crippen LogP contribution in [0.1, 0.15) is 30.7 Å². The maximum absolute atomic E-state index is 5.76. The number of hydrogen-bond donors (Lipinski definition) is 2. The average Bonchev–Trinajstić information content (AvgIpc) is 3.15. The van der Waals surface area contributed by atoms with E-state index in [1.807, 2.05) is 31.2 Å². The Morgan fingerprint density at radius 3 is 3.00 bits per heavy atom. The van der Waals surface area contributed by atoms with E-state index in [0.29, 0.717) is 24.6 Å². The van der Waals surface area contributed by atoms with Gasteiger partial charge in [-0.15, -0.1) is 11.3 Å². The van der Waals surface area contributed by atoms with Crippen molar-refractivity contribution >= 4 is 34.3 Å². The van der Waals surface area contributed by atoms with Crippen LogP contribution in [0.3, 0.4) is 0 Å². The summed E-state index contributed by atoms with van der Waals surface area (Å²) in [4.78, 5) is 22.2. The number of aromatic amines is 1. The molecule has 1 unspecified atom stereocenters. The summed E-state index contributed by atoms with van der Waals surface area (Å²) in [5.41, 5.74) is 8.04. The van der Waals surface area contributed by atoms with Crippen LogP contribution in [0.5, 0.6) is 0 Å². The first-order chi connectivity index (χ1) is 11.1. The molecule has 0 bridgehead atoms. The molecule has 0 amide bonds. The number of aromatic nitrogens is 5. The Hall–Kier alpha value is -2.26. The van der Waals surface area contributed by atoms with E-state index < -0.39 is 0 Å². The van der Waals surface area contributed by atoms with Crippen molar-refractivity contribution in [3.8, 4) is 0 Å². The number of imidazole rings is 1. The molecule has 0 radical (unpaired) electrons. The lowest BCUT2D eigenvalue weighted by molar-refractivity contribution is 0.0761. The van der Waals surface area contributed by atoms with Gasteiger partial charge in [0.05, 0.1) is 18.6 Å². The molecule has 3 aromatic rings. The number of H-pyrrole nitrogens is 1. The second-order valence-corrected chi connectivity index (χ2v) is 6.03. The molecule has 0 aromatic carbocycles. The van der Waals surface area contributed by atoms with Crippen LogP contribution in [-0.4, -0.2) is 38.6 Å². The van der Waals surface area contributed by atoms with Gasteiger partial charge >= 0.3 is 0 Å². The number of nitrogens with one attached hydrogen (secondary N) is 1. The third-order valence-corrected chi connectivity index (χ3v) is 4.43. The van der Waals surface area contributed by atoms with Crippen molar-refractivity contribution in [3.05, 3.63) is 22.4 Å². The van der Waals surface area contributed by atoms with Gasteiger partial charge in [0.2, 0.25) is 5.95 Å². The second kappa shape index (κ2) is 6.47. The number of nitrogens with zero attached hydrogens (tertiary/aromatic N) is 5. The number of ether oxygens (including phenoxy) is 1. The van der Waals surface area contributed by atoms with Crippen LogP contribution in [0.4, 0.5) is 11.8 Å². The van der Waals surface area contributed by atoms with Gasteiger partial charge in [-0.05, 0) is 13.8 Å². The Morgan fingerprint density at radius 1 is 1.39 bits per heavy atom. The average molecular weight is 333 g/mol. The standard InChI is InChI=1S/C14H19N7OS/c1-4-22-8(2)13-18-9(6-23-13)5-21(3)12-10-11(17-7-16-10)19-14(15)20-12/h6-8H,4-5H2,1-3H3,(H3,15,16,17,19,20). The minimum absolute atomic E-state index is 0.0121. The predicted octanol–water partition coefficient (Wildman–Crippen LogP) is 2.13. The molecule has 3 N–H and O–H groups in total. The molecule has 0 aliphatic heterocycles. The number of fused-ring (bicyclic) bond motifs is 1. The molecule has 23 heavy (non-hydrogen) atoms. The van der Waals surface area contributed by atoms with E-state index >= 15 is 0 Å². The Bertz CT molecular complexity index is 799. The maximum Gasteiger partial charge on any atom is 0.224 e. The Balaban J connectivity index is 1.81. The molecule has 0 aliphatic rings. The van der Waals surface area contributed by atoms with Crippen LogP contribution in [0.15, 0.2) is 11.7 Å². The van der Waals surface area contributed by atoms with Crippen LogP contribution in [0.2, 0.25) is 0 Å². The molecule has 0 spiro atoms. The Kier molecular flexibility index (Phi) is 4.39. The van der Waals surface area contributed by atoms with Gasteiger partial charge in [0.15, 0.2) is 11.5 Å². The number of rotatable bonds is 6.